The Morgan fingerprint density at radius 3 is 2.57 bits per heavy atom. The smallest absolute Gasteiger partial charge is 0.260 e. The van der Waals surface area contributed by atoms with E-state index >= 15 is 0 Å². The van der Waals surface area contributed by atoms with Crippen molar-refractivity contribution in [2.24, 2.45) is 0 Å². The fourth-order valence-corrected chi connectivity index (χ4v) is 4.57. The maximum Gasteiger partial charge on any atom is 0.260 e. The first kappa shape index (κ1) is 22.8. The summed E-state index contributed by atoms with van der Waals surface area (Å²) in [6.07, 6.45) is 3.31. The largest absolute Gasteiger partial charge is 0.459 e. The number of aromatic nitrogens is 1. The number of pyridine rings is 1. The molecule has 180 valence electrons. The number of rotatable bonds is 5. The molecule has 3 aromatic rings. The number of aliphatic hydroxyl groups is 1. The van der Waals surface area contributed by atoms with E-state index in [1.165, 1.54) is 0 Å². The van der Waals surface area contributed by atoms with Gasteiger partial charge in [-0.05, 0) is 50.2 Å². The highest BCUT2D eigenvalue weighted by molar-refractivity contribution is 6.31. The van der Waals surface area contributed by atoms with Crippen LogP contribution >= 0.6 is 0 Å². The summed E-state index contributed by atoms with van der Waals surface area (Å²) in [5.74, 6) is 0.939. The van der Waals surface area contributed by atoms with Gasteiger partial charge in [-0.1, -0.05) is 6.07 Å². The lowest BCUT2D eigenvalue weighted by Gasteiger charge is -2.36. The van der Waals surface area contributed by atoms with E-state index in [9.17, 15) is 14.7 Å². The van der Waals surface area contributed by atoms with Crippen LogP contribution in [-0.4, -0.2) is 47.1 Å². The lowest BCUT2D eigenvalue weighted by molar-refractivity contribution is -0.114. The normalized spacial score (nSPS) is 21.1. The standard InChI is InChI=1S/C26H27N5O4/c1-15-12-31(13-16(2)29-15)24-8-4-18(10-28-24)27-11-22-21-9-17(23-7-5-19(14-32)35-23)3-6-20(21)25(33)30-26(22)34/h3-11,15-16,27,29,32H,12-14H2,1-2H3,(H,30,33,34)/b22-11-/t15-,16+. The Morgan fingerprint density at radius 1 is 1.09 bits per heavy atom. The lowest BCUT2D eigenvalue weighted by Crippen LogP contribution is -2.54. The van der Waals surface area contributed by atoms with Crippen LogP contribution in [0.1, 0.15) is 35.5 Å². The fourth-order valence-electron chi connectivity index (χ4n) is 4.57. The zero-order chi connectivity index (χ0) is 24.5. The number of hydrogen-bond donors (Lipinski definition) is 4. The van der Waals surface area contributed by atoms with Crippen molar-refractivity contribution >= 4 is 28.9 Å². The van der Waals surface area contributed by atoms with Gasteiger partial charge in [0.25, 0.3) is 11.8 Å². The van der Waals surface area contributed by atoms with Gasteiger partial charge in [-0.3, -0.25) is 14.9 Å². The van der Waals surface area contributed by atoms with Gasteiger partial charge in [0.05, 0.1) is 17.5 Å². The second-order valence-electron chi connectivity index (χ2n) is 8.95. The Labute approximate surface area is 202 Å². The van der Waals surface area contributed by atoms with Gasteiger partial charge >= 0.3 is 0 Å². The molecular formula is C26H27N5O4. The van der Waals surface area contributed by atoms with Crippen LogP contribution in [0.4, 0.5) is 11.5 Å². The van der Waals surface area contributed by atoms with Crippen LogP contribution in [0.5, 0.6) is 0 Å². The number of anilines is 2. The first-order valence-corrected chi connectivity index (χ1v) is 11.5. The minimum absolute atomic E-state index is 0.208. The maximum absolute atomic E-state index is 12.7. The molecule has 1 fully saturated rings. The summed E-state index contributed by atoms with van der Waals surface area (Å²) in [5, 5.41) is 18.3. The predicted octanol–water partition coefficient (Wildman–Crippen LogP) is 2.74. The van der Waals surface area contributed by atoms with Crippen molar-refractivity contribution in [2.45, 2.75) is 32.5 Å². The molecule has 5 rings (SSSR count). The lowest BCUT2D eigenvalue weighted by atomic mass is 9.93. The van der Waals surface area contributed by atoms with Crippen LogP contribution in [0.25, 0.3) is 16.9 Å². The van der Waals surface area contributed by atoms with E-state index in [4.69, 9.17) is 4.42 Å². The third-order valence-corrected chi connectivity index (χ3v) is 6.14. The number of aliphatic hydroxyl groups excluding tert-OH is 1. The molecule has 0 bridgehead atoms. The van der Waals surface area contributed by atoms with Crippen molar-refractivity contribution in [1.82, 2.24) is 15.6 Å². The molecule has 2 amide bonds. The average Bonchev–Trinajstić information content (AvgIpc) is 3.33. The number of carbonyl (C=O) groups is 2. The van der Waals surface area contributed by atoms with Gasteiger partial charge in [0, 0.05) is 48.1 Å². The minimum atomic E-state index is -0.490. The van der Waals surface area contributed by atoms with Crippen molar-refractivity contribution in [3.63, 3.8) is 0 Å². The number of nitrogens with one attached hydrogen (secondary N) is 3. The molecule has 2 atom stereocenters. The van der Waals surface area contributed by atoms with Crippen LogP contribution in [0.15, 0.2) is 59.3 Å². The minimum Gasteiger partial charge on any atom is -0.459 e. The van der Waals surface area contributed by atoms with Crippen molar-refractivity contribution < 1.29 is 19.1 Å². The Balaban J connectivity index is 1.40. The van der Waals surface area contributed by atoms with Gasteiger partial charge in [0.1, 0.15) is 23.9 Å². The van der Waals surface area contributed by atoms with Crippen molar-refractivity contribution in [1.29, 1.82) is 0 Å². The molecule has 35 heavy (non-hydrogen) atoms. The number of fused-ring (bicyclic) bond motifs is 1. The van der Waals surface area contributed by atoms with E-state index in [1.807, 2.05) is 12.1 Å². The zero-order valence-corrected chi connectivity index (χ0v) is 19.5. The number of amides is 2. The van der Waals surface area contributed by atoms with E-state index in [0.717, 1.165) is 24.6 Å². The Hall–Kier alpha value is -3.95. The number of carbonyl (C=O) groups excluding carboxylic acids is 2. The summed E-state index contributed by atoms with van der Waals surface area (Å²) >= 11 is 0. The molecule has 0 unspecified atom stereocenters. The maximum atomic E-state index is 12.7. The van der Waals surface area contributed by atoms with E-state index in [2.05, 4.69) is 39.7 Å². The van der Waals surface area contributed by atoms with Crippen LogP contribution in [0.3, 0.4) is 0 Å². The number of nitrogens with zero attached hydrogens (tertiary/aromatic N) is 2. The molecule has 0 aliphatic carbocycles. The number of furan rings is 1. The van der Waals surface area contributed by atoms with E-state index in [-0.39, 0.29) is 6.61 Å². The Kier molecular flexibility index (Phi) is 6.10. The molecule has 0 radical (unpaired) electrons. The summed E-state index contributed by atoms with van der Waals surface area (Å²) in [5.41, 5.74) is 2.63. The number of imide groups is 1. The topological polar surface area (TPSA) is 120 Å². The molecule has 4 N–H and O–H groups in total. The van der Waals surface area contributed by atoms with Crippen LogP contribution in [-0.2, 0) is 11.4 Å². The Bertz CT molecular complexity index is 1290. The molecule has 0 saturated carbocycles. The molecule has 4 heterocycles. The molecule has 2 aliphatic rings. The SMILES string of the molecule is C[C@@H]1CN(c2ccc(N/C=C3\C(=O)NC(=O)c4ccc(-c5ccc(CO)o5)cc43)cn2)C[C@H](C)N1. The van der Waals surface area contributed by atoms with Crippen LogP contribution < -0.4 is 20.9 Å². The molecular weight excluding hydrogens is 446 g/mol. The number of piperazine rings is 1. The second kappa shape index (κ2) is 9.36. The van der Waals surface area contributed by atoms with Gasteiger partial charge < -0.3 is 25.1 Å². The number of benzene rings is 1. The van der Waals surface area contributed by atoms with Crippen LogP contribution in [0, 0.1) is 0 Å². The molecule has 9 heteroatoms. The quantitative estimate of drug-likeness (QED) is 0.330. The third kappa shape index (κ3) is 4.68. The van der Waals surface area contributed by atoms with Gasteiger partial charge in [-0.25, -0.2) is 4.98 Å². The summed E-state index contributed by atoms with van der Waals surface area (Å²) in [6.45, 7) is 5.88. The van der Waals surface area contributed by atoms with E-state index in [0.29, 0.717) is 45.9 Å². The first-order valence-electron chi connectivity index (χ1n) is 11.5. The highest BCUT2D eigenvalue weighted by Gasteiger charge is 2.28. The molecule has 1 saturated heterocycles. The third-order valence-electron chi connectivity index (χ3n) is 6.14. The van der Waals surface area contributed by atoms with E-state index < -0.39 is 11.8 Å². The molecule has 9 nitrogen and oxygen atoms in total. The summed E-state index contributed by atoms with van der Waals surface area (Å²) in [7, 11) is 0. The van der Waals surface area contributed by atoms with Gasteiger partial charge in [-0.2, -0.15) is 0 Å². The van der Waals surface area contributed by atoms with Crippen molar-refractivity contribution in [3.8, 4) is 11.3 Å². The highest BCUT2D eigenvalue weighted by atomic mass is 16.4. The fraction of sp³-hybridized carbons (Fsp3) is 0.269. The molecule has 1 aromatic carbocycles. The van der Waals surface area contributed by atoms with E-state index in [1.54, 1.807) is 42.7 Å². The first-order chi connectivity index (χ1) is 16.9. The zero-order valence-electron chi connectivity index (χ0n) is 19.5. The molecule has 2 aliphatic heterocycles. The highest BCUT2D eigenvalue weighted by Crippen LogP contribution is 2.31. The molecule has 2 aromatic heterocycles. The summed E-state index contributed by atoms with van der Waals surface area (Å²) < 4.78 is 5.62. The van der Waals surface area contributed by atoms with Gasteiger partial charge in [0.15, 0.2) is 0 Å². The van der Waals surface area contributed by atoms with Gasteiger partial charge in [-0.15, -0.1) is 0 Å². The predicted molar refractivity (Wildman–Crippen MR) is 133 cm³/mol. The van der Waals surface area contributed by atoms with Crippen molar-refractivity contribution in [2.75, 3.05) is 23.3 Å². The second-order valence-corrected chi connectivity index (χ2v) is 8.95. The average molecular weight is 474 g/mol. The monoisotopic (exact) mass is 473 g/mol. The molecule has 0 spiro atoms. The van der Waals surface area contributed by atoms with Crippen LogP contribution in [0.2, 0.25) is 0 Å². The van der Waals surface area contributed by atoms with Crippen molar-refractivity contribution in [3.05, 3.63) is 71.7 Å². The Morgan fingerprint density at radius 2 is 1.89 bits per heavy atom. The summed E-state index contributed by atoms with van der Waals surface area (Å²) in [6, 6.07) is 13.2. The number of hydrogen-bond acceptors (Lipinski definition) is 8. The summed E-state index contributed by atoms with van der Waals surface area (Å²) in [4.78, 5) is 31.9. The van der Waals surface area contributed by atoms with Gasteiger partial charge in [0.2, 0.25) is 0 Å².